The van der Waals surface area contributed by atoms with E-state index in [1.165, 1.54) is 11.8 Å². The first-order chi connectivity index (χ1) is 12.0. The van der Waals surface area contributed by atoms with Crippen LogP contribution in [0.5, 0.6) is 0 Å². The van der Waals surface area contributed by atoms with Crippen LogP contribution in [-0.2, 0) is 4.79 Å². The summed E-state index contributed by atoms with van der Waals surface area (Å²) in [5.41, 5.74) is 2.70. The second-order valence-electron chi connectivity index (χ2n) is 5.95. The number of para-hydroxylation sites is 1. The van der Waals surface area contributed by atoms with Gasteiger partial charge in [0.2, 0.25) is 5.91 Å². The Kier molecular flexibility index (Phi) is 5.23. The maximum atomic E-state index is 12.5. The smallest absolute Gasteiger partial charge is 0.277 e. The Morgan fingerprint density at radius 1 is 1.16 bits per heavy atom. The lowest BCUT2D eigenvalue weighted by Gasteiger charge is -2.15. The first kappa shape index (κ1) is 17.3. The number of rotatable bonds is 6. The average Bonchev–Trinajstić information content (AvgIpc) is 3.26. The number of hydrogen-bond donors (Lipinski definition) is 2. The highest BCUT2D eigenvalue weighted by Gasteiger charge is 2.20. The van der Waals surface area contributed by atoms with E-state index in [1.54, 1.807) is 6.20 Å². The van der Waals surface area contributed by atoms with Crippen molar-refractivity contribution in [2.75, 3.05) is 5.32 Å². The second kappa shape index (κ2) is 7.57. The van der Waals surface area contributed by atoms with Crippen LogP contribution in [0.2, 0.25) is 0 Å². The fourth-order valence-electron chi connectivity index (χ4n) is 2.38. The minimum atomic E-state index is -0.364. The standard InChI is InChI=1S/C18H20N4O2S/c1-11(2)13-7-4-5-8-14(13)20-16(23)12(3)25-18-22-21-17(24-18)15-9-6-10-19-15/h4-12,19H,1-3H3,(H,20,23). The Bertz CT molecular complexity index is 842. The molecule has 1 amide bonds. The molecule has 3 aromatic rings. The Hall–Kier alpha value is -2.54. The number of H-pyrrole nitrogens is 1. The summed E-state index contributed by atoms with van der Waals surface area (Å²) in [5, 5.41) is 11.0. The number of anilines is 1. The van der Waals surface area contributed by atoms with Crippen LogP contribution in [-0.4, -0.2) is 26.3 Å². The number of aromatic nitrogens is 3. The van der Waals surface area contributed by atoms with Crippen molar-refractivity contribution >= 4 is 23.4 Å². The van der Waals surface area contributed by atoms with Crippen molar-refractivity contribution in [1.29, 1.82) is 0 Å². The topological polar surface area (TPSA) is 83.8 Å². The van der Waals surface area contributed by atoms with Crippen molar-refractivity contribution in [3.63, 3.8) is 0 Å². The molecular formula is C18H20N4O2S. The fourth-order valence-corrected chi connectivity index (χ4v) is 3.07. The summed E-state index contributed by atoms with van der Waals surface area (Å²) in [6.07, 6.45) is 1.79. The Morgan fingerprint density at radius 3 is 2.68 bits per heavy atom. The summed E-state index contributed by atoms with van der Waals surface area (Å²) in [4.78, 5) is 15.5. The number of nitrogens with one attached hydrogen (secondary N) is 2. The Balaban J connectivity index is 1.65. The van der Waals surface area contributed by atoms with Gasteiger partial charge in [0.1, 0.15) is 5.69 Å². The maximum Gasteiger partial charge on any atom is 0.277 e. The van der Waals surface area contributed by atoms with Gasteiger partial charge in [0.15, 0.2) is 0 Å². The first-order valence-corrected chi connectivity index (χ1v) is 8.96. The van der Waals surface area contributed by atoms with Gasteiger partial charge in [-0.25, -0.2) is 0 Å². The molecule has 0 spiro atoms. The average molecular weight is 356 g/mol. The number of hydrogen-bond acceptors (Lipinski definition) is 5. The molecule has 1 atom stereocenters. The molecule has 0 aliphatic carbocycles. The largest absolute Gasteiger partial charge is 0.410 e. The molecule has 7 heteroatoms. The summed E-state index contributed by atoms with van der Waals surface area (Å²) in [6, 6.07) is 11.5. The number of amides is 1. The molecule has 0 fully saturated rings. The van der Waals surface area contributed by atoms with Crippen molar-refractivity contribution in [3.8, 4) is 11.6 Å². The molecular weight excluding hydrogens is 336 g/mol. The molecule has 0 saturated heterocycles. The van der Waals surface area contributed by atoms with E-state index in [1.807, 2.05) is 43.3 Å². The SMILES string of the molecule is CC(Sc1nnc(-c2ccc[nH]2)o1)C(=O)Nc1ccccc1C(C)C. The normalized spacial score (nSPS) is 12.3. The molecule has 0 aliphatic rings. The van der Waals surface area contributed by atoms with Crippen LogP contribution in [0.4, 0.5) is 5.69 Å². The molecule has 6 nitrogen and oxygen atoms in total. The minimum Gasteiger partial charge on any atom is -0.410 e. The fraction of sp³-hybridized carbons (Fsp3) is 0.278. The van der Waals surface area contributed by atoms with Crippen LogP contribution in [0, 0.1) is 0 Å². The lowest BCUT2D eigenvalue weighted by atomic mass is 10.0. The Labute approximate surface area is 150 Å². The zero-order valence-electron chi connectivity index (χ0n) is 14.3. The molecule has 3 rings (SSSR count). The highest BCUT2D eigenvalue weighted by molar-refractivity contribution is 8.00. The van der Waals surface area contributed by atoms with Crippen LogP contribution >= 0.6 is 11.8 Å². The van der Waals surface area contributed by atoms with E-state index >= 15 is 0 Å². The third kappa shape index (κ3) is 4.11. The quantitative estimate of drug-likeness (QED) is 0.643. The summed E-state index contributed by atoms with van der Waals surface area (Å²) in [6.45, 7) is 6.02. The van der Waals surface area contributed by atoms with E-state index in [-0.39, 0.29) is 11.2 Å². The van der Waals surface area contributed by atoms with Crippen LogP contribution in [0.3, 0.4) is 0 Å². The lowest BCUT2D eigenvalue weighted by Crippen LogP contribution is -2.23. The number of aromatic amines is 1. The molecule has 0 radical (unpaired) electrons. The predicted octanol–water partition coefficient (Wildman–Crippen LogP) is 4.31. The van der Waals surface area contributed by atoms with Gasteiger partial charge in [0.25, 0.3) is 11.1 Å². The minimum absolute atomic E-state index is 0.0993. The van der Waals surface area contributed by atoms with Crippen molar-refractivity contribution in [2.24, 2.45) is 0 Å². The van der Waals surface area contributed by atoms with Crippen LogP contribution < -0.4 is 5.32 Å². The van der Waals surface area contributed by atoms with E-state index < -0.39 is 0 Å². The van der Waals surface area contributed by atoms with Gasteiger partial charge in [-0.1, -0.05) is 43.8 Å². The van der Waals surface area contributed by atoms with Gasteiger partial charge in [-0.3, -0.25) is 4.79 Å². The molecule has 2 N–H and O–H groups in total. The van der Waals surface area contributed by atoms with Gasteiger partial charge in [-0.15, -0.1) is 10.2 Å². The van der Waals surface area contributed by atoms with Gasteiger partial charge in [0.05, 0.1) is 5.25 Å². The van der Waals surface area contributed by atoms with Crippen molar-refractivity contribution in [2.45, 2.75) is 37.2 Å². The molecule has 0 aliphatic heterocycles. The zero-order chi connectivity index (χ0) is 17.8. The zero-order valence-corrected chi connectivity index (χ0v) is 15.1. The molecule has 1 aromatic carbocycles. The van der Waals surface area contributed by atoms with Gasteiger partial charge in [0, 0.05) is 11.9 Å². The monoisotopic (exact) mass is 356 g/mol. The second-order valence-corrected chi connectivity index (χ2v) is 7.24. The number of carbonyl (C=O) groups is 1. The number of thioether (sulfide) groups is 1. The predicted molar refractivity (Wildman–Crippen MR) is 98.6 cm³/mol. The summed E-state index contributed by atoms with van der Waals surface area (Å²) in [7, 11) is 0. The molecule has 0 bridgehead atoms. The molecule has 0 saturated carbocycles. The summed E-state index contributed by atoms with van der Waals surface area (Å²) in [5.74, 6) is 0.640. The molecule has 25 heavy (non-hydrogen) atoms. The van der Waals surface area contributed by atoms with Crippen molar-refractivity contribution in [1.82, 2.24) is 15.2 Å². The highest BCUT2D eigenvalue weighted by atomic mass is 32.2. The van der Waals surface area contributed by atoms with E-state index in [0.29, 0.717) is 17.0 Å². The van der Waals surface area contributed by atoms with Gasteiger partial charge < -0.3 is 14.7 Å². The van der Waals surface area contributed by atoms with E-state index in [4.69, 9.17) is 4.42 Å². The third-order valence-corrected chi connectivity index (χ3v) is 4.66. The first-order valence-electron chi connectivity index (χ1n) is 8.08. The number of carbonyl (C=O) groups excluding carboxylic acids is 1. The van der Waals surface area contributed by atoms with E-state index in [2.05, 4.69) is 34.3 Å². The Morgan fingerprint density at radius 2 is 1.96 bits per heavy atom. The van der Waals surface area contributed by atoms with Gasteiger partial charge in [-0.05, 0) is 36.6 Å². The van der Waals surface area contributed by atoms with Crippen LogP contribution in [0.15, 0.2) is 52.2 Å². The third-order valence-electron chi connectivity index (χ3n) is 3.72. The van der Waals surface area contributed by atoms with Crippen molar-refractivity contribution in [3.05, 3.63) is 48.2 Å². The van der Waals surface area contributed by atoms with Crippen molar-refractivity contribution < 1.29 is 9.21 Å². The summed E-state index contributed by atoms with van der Waals surface area (Å²) < 4.78 is 5.59. The summed E-state index contributed by atoms with van der Waals surface area (Å²) >= 11 is 1.24. The number of benzene rings is 1. The van der Waals surface area contributed by atoms with E-state index in [9.17, 15) is 4.79 Å². The van der Waals surface area contributed by atoms with Crippen LogP contribution in [0.25, 0.3) is 11.6 Å². The lowest BCUT2D eigenvalue weighted by molar-refractivity contribution is -0.115. The molecule has 2 aromatic heterocycles. The van der Waals surface area contributed by atoms with Crippen LogP contribution in [0.1, 0.15) is 32.3 Å². The molecule has 1 unspecified atom stereocenters. The molecule has 130 valence electrons. The molecule has 2 heterocycles. The van der Waals surface area contributed by atoms with Gasteiger partial charge in [-0.2, -0.15) is 0 Å². The van der Waals surface area contributed by atoms with E-state index in [0.717, 1.165) is 16.9 Å². The number of nitrogens with zero attached hydrogens (tertiary/aromatic N) is 2. The maximum absolute atomic E-state index is 12.5. The highest BCUT2D eigenvalue weighted by Crippen LogP contribution is 2.28. The van der Waals surface area contributed by atoms with Gasteiger partial charge >= 0.3 is 0 Å².